The van der Waals surface area contributed by atoms with Crippen LogP contribution in [0.15, 0.2) is 188 Å². The lowest BCUT2D eigenvalue weighted by molar-refractivity contribution is 0.589. The van der Waals surface area contributed by atoms with Crippen LogP contribution in [-0.4, -0.2) is 21.2 Å². The summed E-state index contributed by atoms with van der Waals surface area (Å²) in [6.07, 6.45) is 1.97. The molecule has 2 aliphatic rings. The topological polar surface area (TPSA) is 37.2 Å². The first-order valence-electron chi connectivity index (χ1n) is 20.9. The van der Waals surface area contributed by atoms with Gasteiger partial charge in [-0.1, -0.05) is 136 Å². The number of nitrogens with zero attached hydrogens (tertiary/aromatic N) is 5. The largest absolute Gasteiger partial charge is 0.338 e. The van der Waals surface area contributed by atoms with Gasteiger partial charge in [0.15, 0.2) is 0 Å². The van der Waals surface area contributed by atoms with Gasteiger partial charge in [-0.15, -0.1) is 0 Å². The maximum absolute atomic E-state index is 5.34. The lowest BCUT2D eigenvalue weighted by Gasteiger charge is -2.44. The van der Waals surface area contributed by atoms with E-state index in [0.717, 1.165) is 52.5 Å². The fourth-order valence-corrected chi connectivity index (χ4v) is 9.39. The van der Waals surface area contributed by atoms with Gasteiger partial charge in [-0.2, -0.15) is 0 Å². The Kier molecular flexibility index (Phi) is 8.55. The normalized spacial score (nSPS) is 12.9. The van der Waals surface area contributed by atoms with Crippen LogP contribution in [0.25, 0.3) is 39.4 Å². The van der Waals surface area contributed by atoms with Gasteiger partial charge in [0.1, 0.15) is 5.82 Å². The van der Waals surface area contributed by atoms with Crippen molar-refractivity contribution < 1.29 is 0 Å². The maximum Gasteiger partial charge on any atom is 0.252 e. The lowest BCUT2D eigenvalue weighted by atomic mass is 9.33. The summed E-state index contributed by atoms with van der Waals surface area (Å²) >= 11 is 0. The number of pyridine rings is 1. The number of para-hydroxylation sites is 3. The zero-order valence-electron chi connectivity index (χ0n) is 34.1. The Morgan fingerprint density at radius 3 is 1.72 bits per heavy atom. The van der Waals surface area contributed by atoms with Crippen molar-refractivity contribution in [3.8, 4) is 28.3 Å². The van der Waals surface area contributed by atoms with Crippen molar-refractivity contribution in [2.75, 3.05) is 9.80 Å². The maximum atomic E-state index is 5.34. The quantitative estimate of drug-likeness (QED) is 0.151. The van der Waals surface area contributed by atoms with Gasteiger partial charge in [0, 0.05) is 53.3 Å². The van der Waals surface area contributed by atoms with Crippen molar-refractivity contribution in [2.24, 2.45) is 0 Å². The van der Waals surface area contributed by atoms with Crippen LogP contribution in [0.5, 0.6) is 0 Å². The summed E-state index contributed by atoms with van der Waals surface area (Å²) in [5.74, 6) is 0.928. The predicted octanol–water partition coefficient (Wildman–Crippen LogP) is 10.9. The van der Waals surface area contributed by atoms with E-state index in [0.29, 0.717) is 0 Å². The van der Waals surface area contributed by atoms with Crippen LogP contribution in [0.4, 0.5) is 22.7 Å². The van der Waals surface area contributed by atoms with Crippen molar-refractivity contribution in [1.82, 2.24) is 14.5 Å². The molecular weight excluding hydrogens is 729 g/mol. The molecular formula is C54H44BN5. The molecule has 0 radical (unpaired) electrons. The Morgan fingerprint density at radius 2 is 1.08 bits per heavy atom. The number of fused-ring (bicyclic) bond motifs is 5. The highest BCUT2D eigenvalue weighted by atomic mass is 15.2. The van der Waals surface area contributed by atoms with Crippen LogP contribution in [0.3, 0.4) is 0 Å². The summed E-state index contributed by atoms with van der Waals surface area (Å²) in [6.45, 7) is 8.25. The van der Waals surface area contributed by atoms with Gasteiger partial charge < -0.3 is 9.80 Å². The molecule has 2 aliphatic heterocycles. The fourth-order valence-electron chi connectivity index (χ4n) is 9.39. The van der Waals surface area contributed by atoms with Crippen molar-refractivity contribution in [3.63, 3.8) is 0 Å². The first kappa shape index (κ1) is 35.9. The molecule has 11 rings (SSSR count). The molecule has 60 heavy (non-hydrogen) atoms. The molecule has 2 aromatic heterocycles. The van der Waals surface area contributed by atoms with Gasteiger partial charge in [0.05, 0.1) is 16.7 Å². The van der Waals surface area contributed by atoms with Crippen LogP contribution < -0.4 is 26.2 Å². The third-order valence-corrected chi connectivity index (χ3v) is 12.3. The number of aromatic nitrogens is 3. The molecule has 0 aliphatic carbocycles. The van der Waals surface area contributed by atoms with Gasteiger partial charge in [0.25, 0.3) is 6.71 Å². The molecule has 7 aromatic carbocycles. The van der Waals surface area contributed by atoms with Gasteiger partial charge in [-0.3, -0.25) is 9.55 Å². The number of hydrogen-bond acceptors (Lipinski definition) is 4. The molecule has 4 heterocycles. The number of benzene rings is 7. The zero-order valence-corrected chi connectivity index (χ0v) is 34.1. The average Bonchev–Trinajstić information content (AvgIpc) is 3.68. The minimum Gasteiger partial charge on any atom is -0.338 e. The molecule has 0 unspecified atom stereocenters. The van der Waals surface area contributed by atoms with Crippen LogP contribution >= 0.6 is 0 Å². The first-order valence-corrected chi connectivity index (χ1v) is 20.9. The third-order valence-electron chi connectivity index (χ3n) is 12.3. The summed E-state index contributed by atoms with van der Waals surface area (Å²) in [5, 5.41) is 0. The summed E-state index contributed by atoms with van der Waals surface area (Å²) in [6, 6.07) is 66.2. The molecule has 0 saturated heterocycles. The molecule has 0 atom stereocenters. The molecule has 0 bridgehead atoms. The third kappa shape index (κ3) is 6.10. The second kappa shape index (κ2) is 14.3. The Bertz CT molecular complexity index is 3030. The first-order chi connectivity index (χ1) is 29.4. The van der Waals surface area contributed by atoms with E-state index in [2.05, 4.69) is 217 Å². The second-order valence-electron chi connectivity index (χ2n) is 17.1. The van der Waals surface area contributed by atoms with Crippen LogP contribution in [-0.2, 0) is 18.5 Å². The Morgan fingerprint density at radius 1 is 0.517 bits per heavy atom. The van der Waals surface area contributed by atoms with E-state index in [4.69, 9.17) is 9.97 Å². The Balaban J connectivity index is 1.17. The molecule has 5 nitrogen and oxygen atoms in total. The average molecular weight is 774 g/mol. The van der Waals surface area contributed by atoms with Crippen LogP contribution in [0.1, 0.15) is 37.5 Å². The van der Waals surface area contributed by atoms with E-state index in [1.807, 2.05) is 6.20 Å². The molecule has 6 heteroatoms. The second-order valence-corrected chi connectivity index (χ2v) is 17.1. The van der Waals surface area contributed by atoms with Gasteiger partial charge in [-0.25, -0.2) is 4.98 Å². The standard InChI is InChI=1S/C54H44BN5/c1-54(2,3)41-30-31-56-46(34-41)39-26-28-47-43(32-39)55-44-33-40(53-57-45-22-13-14-23-49(45)60(53)42-20-11-6-12-21-42)27-29-48(44)59(36-38-18-9-5-10-19-38)51-25-15-24-50(52(51)55)58(47)35-37-16-7-4-8-17-37/h4-34H,35-36H2,1-3H3. The highest BCUT2D eigenvalue weighted by molar-refractivity contribution is 7.00. The molecule has 9 aromatic rings. The molecule has 0 fully saturated rings. The number of anilines is 4. The van der Waals surface area contributed by atoms with Crippen LogP contribution in [0.2, 0.25) is 0 Å². The van der Waals surface area contributed by atoms with E-state index in [9.17, 15) is 0 Å². The summed E-state index contributed by atoms with van der Waals surface area (Å²) < 4.78 is 2.31. The monoisotopic (exact) mass is 773 g/mol. The molecule has 0 saturated carbocycles. The van der Waals surface area contributed by atoms with Crippen molar-refractivity contribution in [1.29, 1.82) is 0 Å². The van der Waals surface area contributed by atoms with Crippen molar-refractivity contribution in [2.45, 2.75) is 39.3 Å². The summed E-state index contributed by atoms with van der Waals surface area (Å²) in [7, 11) is 0. The molecule has 0 amide bonds. The van der Waals surface area contributed by atoms with Crippen LogP contribution in [0, 0.1) is 0 Å². The minimum absolute atomic E-state index is 0.00337. The highest BCUT2D eigenvalue weighted by Gasteiger charge is 2.43. The number of hydrogen-bond donors (Lipinski definition) is 0. The van der Waals surface area contributed by atoms with E-state index >= 15 is 0 Å². The smallest absolute Gasteiger partial charge is 0.252 e. The van der Waals surface area contributed by atoms with E-state index in [1.165, 1.54) is 55.8 Å². The SMILES string of the molecule is CC(C)(C)c1ccnc(-c2ccc3c(c2)B2c4cc(-c5nc6ccccc6n5-c5ccccc5)ccc4N(Cc4ccccc4)c4cccc(c42)N3Cc2ccccc2)c1. The summed E-state index contributed by atoms with van der Waals surface area (Å²) in [5.41, 5.74) is 18.9. The van der Waals surface area contributed by atoms with E-state index in [-0.39, 0.29) is 12.1 Å². The highest BCUT2D eigenvalue weighted by Crippen LogP contribution is 2.41. The Hall–Kier alpha value is -7.18. The molecule has 288 valence electrons. The fraction of sp³-hybridized carbons (Fsp3) is 0.111. The molecule has 0 spiro atoms. The number of imidazole rings is 1. The Labute approximate surface area is 352 Å². The van der Waals surface area contributed by atoms with Crippen molar-refractivity contribution in [3.05, 3.63) is 205 Å². The lowest BCUT2D eigenvalue weighted by Crippen LogP contribution is -2.62. The summed E-state index contributed by atoms with van der Waals surface area (Å²) in [4.78, 5) is 15.4. The van der Waals surface area contributed by atoms with Gasteiger partial charge in [-0.05, 0) is 111 Å². The van der Waals surface area contributed by atoms with Gasteiger partial charge >= 0.3 is 0 Å². The van der Waals surface area contributed by atoms with E-state index < -0.39 is 0 Å². The number of rotatable bonds is 7. The molecule has 0 N–H and O–H groups in total. The minimum atomic E-state index is -0.0412. The van der Waals surface area contributed by atoms with Gasteiger partial charge in [0.2, 0.25) is 0 Å². The predicted molar refractivity (Wildman–Crippen MR) is 251 cm³/mol. The van der Waals surface area contributed by atoms with Crippen molar-refractivity contribution >= 4 is 56.9 Å². The zero-order chi connectivity index (χ0) is 40.4. The van der Waals surface area contributed by atoms with E-state index in [1.54, 1.807) is 0 Å².